The fraction of sp³-hybridized carbons (Fsp3) is 0.545. The van der Waals surface area contributed by atoms with E-state index >= 15 is 0 Å². The van der Waals surface area contributed by atoms with Crippen LogP contribution in [0.5, 0.6) is 0 Å². The highest BCUT2D eigenvalue weighted by Crippen LogP contribution is 2.31. The van der Waals surface area contributed by atoms with Gasteiger partial charge in [-0.2, -0.15) is 0 Å². The normalized spacial score (nSPS) is 20.2. The second-order valence-electron chi connectivity index (χ2n) is 7.66. The molecule has 0 unspecified atom stereocenters. The Morgan fingerprint density at radius 3 is 2.96 bits per heavy atom. The monoisotopic (exact) mass is 399 g/mol. The Bertz CT molecular complexity index is 818. The predicted molar refractivity (Wildman–Crippen MR) is 112 cm³/mol. The maximum absolute atomic E-state index is 13.2. The first-order valence-corrected chi connectivity index (χ1v) is 11.2. The Morgan fingerprint density at radius 2 is 2.21 bits per heavy atom. The van der Waals surface area contributed by atoms with Crippen molar-refractivity contribution in [2.24, 2.45) is 0 Å². The van der Waals surface area contributed by atoms with Crippen LogP contribution in [0.4, 0.5) is 0 Å². The summed E-state index contributed by atoms with van der Waals surface area (Å²) in [6, 6.07) is 4.52. The molecule has 2 aromatic rings. The van der Waals surface area contributed by atoms with Crippen LogP contribution in [0.2, 0.25) is 0 Å². The summed E-state index contributed by atoms with van der Waals surface area (Å²) < 4.78 is 5.56. The van der Waals surface area contributed by atoms with Crippen molar-refractivity contribution >= 4 is 17.2 Å². The molecule has 150 valence electrons. The maximum Gasteiger partial charge on any atom is 0.255 e. The summed E-state index contributed by atoms with van der Waals surface area (Å²) in [5.74, 6) is 0.193. The van der Waals surface area contributed by atoms with Gasteiger partial charge in [-0.15, -0.1) is 11.3 Å². The van der Waals surface area contributed by atoms with E-state index in [0.717, 1.165) is 50.2 Å². The smallest absolute Gasteiger partial charge is 0.255 e. The minimum atomic E-state index is 0.193. The molecule has 1 atom stereocenters. The summed E-state index contributed by atoms with van der Waals surface area (Å²) in [5, 5.41) is 2.08. The molecular weight excluding hydrogens is 370 g/mol. The van der Waals surface area contributed by atoms with E-state index in [0.29, 0.717) is 19.8 Å². The third-order valence-corrected chi connectivity index (χ3v) is 6.91. The van der Waals surface area contributed by atoms with E-state index in [1.54, 1.807) is 11.3 Å². The molecule has 2 aliphatic rings. The fourth-order valence-corrected chi connectivity index (χ4v) is 5.21. The number of fused-ring (bicyclic) bond motifs is 1. The summed E-state index contributed by atoms with van der Waals surface area (Å²) in [4.78, 5) is 23.6. The zero-order valence-electron chi connectivity index (χ0n) is 16.8. The van der Waals surface area contributed by atoms with Crippen molar-refractivity contribution in [1.29, 1.82) is 0 Å². The SMILES string of the molecule is CCc1ccc(CN2CCc3c(C(=O)N4CCOC[C@@H]4CC)csc3C2)nc1. The van der Waals surface area contributed by atoms with Gasteiger partial charge in [0.2, 0.25) is 0 Å². The molecule has 28 heavy (non-hydrogen) atoms. The number of carbonyl (C=O) groups excluding carboxylic acids is 1. The number of pyridine rings is 1. The molecular formula is C22H29N3O2S. The summed E-state index contributed by atoms with van der Waals surface area (Å²) in [7, 11) is 0. The van der Waals surface area contributed by atoms with E-state index < -0.39 is 0 Å². The Balaban J connectivity index is 1.44. The van der Waals surface area contributed by atoms with Crippen molar-refractivity contribution < 1.29 is 9.53 Å². The molecule has 0 radical (unpaired) electrons. The van der Waals surface area contributed by atoms with Crippen molar-refractivity contribution in [2.45, 2.75) is 52.2 Å². The molecule has 4 heterocycles. The largest absolute Gasteiger partial charge is 0.377 e. The van der Waals surface area contributed by atoms with Crippen LogP contribution in [0.1, 0.15) is 52.3 Å². The number of aromatic nitrogens is 1. The zero-order valence-corrected chi connectivity index (χ0v) is 17.6. The van der Waals surface area contributed by atoms with Gasteiger partial charge < -0.3 is 9.64 Å². The first-order valence-electron chi connectivity index (χ1n) is 10.3. The minimum absolute atomic E-state index is 0.193. The summed E-state index contributed by atoms with van der Waals surface area (Å²) >= 11 is 1.73. The number of hydrogen-bond acceptors (Lipinski definition) is 5. The van der Waals surface area contributed by atoms with E-state index in [1.165, 1.54) is 16.0 Å². The predicted octanol–water partition coefficient (Wildman–Crippen LogP) is 3.51. The Kier molecular flexibility index (Phi) is 6.09. The molecule has 0 aromatic carbocycles. The van der Waals surface area contributed by atoms with Gasteiger partial charge in [-0.1, -0.05) is 19.9 Å². The topological polar surface area (TPSA) is 45.7 Å². The second-order valence-corrected chi connectivity index (χ2v) is 8.62. The molecule has 0 spiro atoms. The quantitative estimate of drug-likeness (QED) is 0.772. The van der Waals surface area contributed by atoms with Gasteiger partial charge >= 0.3 is 0 Å². The van der Waals surface area contributed by atoms with Crippen molar-refractivity contribution in [3.8, 4) is 0 Å². The highest BCUT2D eigenvalue weighted by molar-refractivity contribution is 7.10. The third-order valence-electron chi connectivity index (χ3n) is 5.90. The van der Waals surface area contributed by atoms with Gasteiger partial charge in [0.05, 0.1) is 30.5 Å². The number of thiophene rings is 1. The average molecular weight is 400 g/mol. The molecule has 0 saturated carbocycles. The van der Waals surface area contributed by atoms with Crippen LogP contribution in [-0.4, -0.2) is 53.0 Å². The van der Waals surface area contributed by atoms with Crippen molar-refractivity contribution in [3.05, 3.63) is 51.0 Å². The number of ether oxygens (including phenoxy) is 1. The van der Waals surface area contributed by atoms with Gasteiger partial charge in [0.15, 0.2) is 0 Å². The molecule has 2 aliphatic heterocycles. The zero-order chi connectivity index (χ0) is 19.5. The lowest BCUT2D eigenvalue weighted by Gasteiger charge is -2.35. The van der Waals surface area contributed by atoms with Gasteiger partial charge in [-0.05, 0) is 36.5 Å². The van der Waals surface area contributed by atoms with Crippen LogP contribution < -0.4 is 0 Å². The first kappa shape index (κ1) is 19.6. The Hall–Kier alpha value is -1.76. The summed E-state index contributed by atoms with van der Waals surface area (Å²) in [6.07, 6.45) is 4.89. The highest BCUT2D eigenvalue weighted by atomic mass is 32.1. The standard InChI is InChI=1S/C22H29N3O2S/c1-3-16-5-6-17(23-11-16)12-24-8-7-19-20(15-28-21(19)13-24)22(26)25-9-10-27-14-18(25)4-2/h5-6,11,15,18H,3-4,7-10,12-14H2,1-2H3/t18-/m0/s1. The van der Waals surface area contributed by atoms with Crippen LogP contribution in [0.3, 0.4) is 0 Å². The van der Waals surface area contributed by atoms with E-state index in [-0.39, 0.29) is 11.9 Å². The second kappa shape index (κ2) is 8.72. The lowest BCUT2D eigenvalue weighted by atomic mass is 10.0. The molecule has 1 saturated heterocycles. The summed E-state index contributed by atoms with van der Waals surface area (Å²) in [5.41, 5.74) is 4.58. The third kappa shape index (κ3) is 4.00. The van der Waals surface area contributed by atoms with Crippen molar-refractivity contribution in [2.75, 3.05) is 26.3 Å². The number of hydrogen-bond donors (Lipinski definition) is 0. The fourth-order valence-electron chi connectivity index (χ4n) is 4.10. The van der Waals surface area contributed by atoms with Crippen molar-refractivity contribution in [1.82, 2.24) is 14.8 Å². The van der Waals surface area contributed by atoms with Crippen LogP contribution in [0.15, 0.2) is 23.7 Å². The molecule has 0 bridgehead atoms. The minimum Gasteiger partial charge on any atom is -0.377 e. The Labute approximate surface area is 171 Å². The highest BCUT2D eigenvalue weighted by Gasteiger charge is 2.31. The number of amides is 1. The Morgan fingerprint density at radius 1 is 1.32 bits per heavy atom. The average Bonchev–Trinajstić information content (AvgIpc) is 3.17. The van der Waals surface area contributed by atoms with E-state index in [4.69, 9.17) is 4.74 Å². The molecule has 1 fully saturated rings. The van der Waals surface area contributed by atoms with E-state index in [1.807, 2.05) is 11.1 Å². The molecule has 2 aromatic heterocycles. The van der Waals surface area contributed by atoms with Crippen LogP contribution in [0.25, 0.3) is 0 Å². The lowest BCUT2D eigenvalue weighted by molar-refractivity contribution is -0.00285. The molecule has 6 heteroatoms. The number of morpholine rings is 1. The van der Waals surface area contributed by atoms with Gasteiger partial charge in [-0.3, -0.25) is 14.7 Å². The lowest BCUT2D eigenvalue weighted by Crippen LogP contribution is -2.48. The number of carbonyl (C=O) groups is 1. The molecule has 5 nitrogen and oxygen atoms in total. The van der Waals surface area contributed by atoms with E-state index in [2.05, 4.69) is 41.2 Å². The van der Waals surface area contributed by atoms with Crippen LogP contribution in [-0.2, 0) is 30.7 Å². The van der Waals surface area contributed by atoms with Gasteiger partial charge in [-0.25, -0.2) is 0 Å². The van der Waals surface area contributed by atoms with Gasteiger partial charge in [0.25, 0.3) is 5.91 Å². The molecule has 0 N–H and O–H groups in total. The number of nitrogens with zero attached hydrogens (tertiary/aromatic N) is 3. The first-order chi connectivity index (χ1) is 13.7. The number of rotatable bonds is 5. The molecule has 0 aliphatic carbocycles. The van der Waals surface area contributed by atoms with Crippen LogP contribution >= 0.6 is 11.3 Å². The molecule has 4 rings (SSSR count). The van der Waals surface area contributed by atoms with E-state index in [9.17, 15) is 4.79 Å². The maximum atomic E-state index is 13.2. The van der Waals surface area contributed by atoms with Gasteiger partial charge in [0.1, 0.15) is 0 Å². The number of aryl methyl sites for hydroxylation is 1. The molecule has 1 amide bonds. The van der Waals surface area contributed by atoms with Crippen LogP contribution in [0, 0.1) is 0 Å². The van der Waals surface area contributed by atoms with Gasteiger partial charge in [0, 0.05) is 42.6 Å². The van der Waals surface area contributed by atoms with Crippen molar-refractivity contribution in [3.63, 3.8) is 0 Å². The summed E-state index contributed by atoms with van der Waals surface area (Å²) in [6.45, 7) is 9.03.